The molecule has 7 nitrogen and oxygen atoms in total. The molecule has 0 saturated heterocycles. The van der Waals surface area contributed by atoms with Crippen LogP contribution in [0.2, 0.25) is 0 Å². The number of aromatic nitrogens is 2. The number of aliphatic imine (C=N–C) groups is 1. The van der Waals surface area contributed by atoms with Gasteiger partial charge in [-0.15, -0.1) is 0 Å². The maximum Gasteiger partial charge on any atom is 0.363 e. The van der Waals surface area contributed by atoms with Crippen molar-refractivity contribution < 1.29 is 14.3 Å². The predicted molar refractivity (Wildman–Crippen MR) is 189 cm³/mol. The maximum atomic E-state index is 14.1. The van der Waals surface area contributed by atoms with E-state index in [2.05, 4.69) is 72.4 Å². The van der Waals surface area contributed by atoms with Crippen LogP contribution in [0.15, 0.2) is 107 Å². The van der Waals surface area contributed by atoms with Gasteiger partial charge in [-0.2, -0.15) is 0 Å². The van der Waals surface area contributed by atoms with Crippen LogP contribution in [0.3, 0.4) is 0 Å². The van der Waals surface area contributed by atoms with E-state index in [0.29, 0.717) is 17.0 Å². The Labute approximate surface area is 281 Å². The summed E-state index contributed by atoms with van der Waals surface area (Å²) in [5.41, 5.74) is 10.6. The molecule has 242 valence electrons. The Kier molecular flexibility index (Phi) is 7.50. The first-order valence-corrected chi connectivity index (χ1v) is 17.2. The number of rotatable bonds is 6. The van der Waals surface area contributed by atoms with Gasteiger partial charge in [0.1, 0.15) is 11.5 Å². The molecule has 3 aromatic rings. The second-order valence-corrected chi connectivity index (χ2v) is 13.9. The number of amides is 1. The van der Waals surface area contributed by atoms with Gasteiger partial charge in [0, 0.05) is 18.2 Å². The van der Waals surface area contributed by atoms with E-state index in [9.17, 15) is 9.59 Å². The van der Waals surface area contributed by atoms with Crippen molar-refractivity contribution in [1.29, 1.82) is 0 Å². The van der Waals surface area contributed by atoms with E-state index in [1.807, 2.05) is 35.9 Å². The highest BCUT2D eigenvalue weighted by atomic mass is 16.6. The van der Waals surface area contributed by atoms with Crippen molar-refractivity contribution in [3.63, 3.8) is 0 Å². The number of hydrogen-bond acceptors (Lipinski definition) is 5. The Bertz CT molecular complexity index is 2090. The molecule has 8 rings (SSSR count). The maximum absolute atomic E-state index is 14.1. The second kappa shape index (κ2) is 11.9. The lowest BCUT2D eigenvalue weighted by atomic mass is 9.75. The highest BCUT2D eigenvalue weighted by molar-refractivity contribution is 6.11. The van der Waals surface area contributed by atoms with E-state index in [1.165, 1.54) is 59.1 Å². The molecule has 2 saturated carbocycles. The molecule has 7 heteroatoms. The molecule has 1 aliphatic heterocycles. The van der Waals surface area contributed by atoms with Crippen molar-refractivity contribution in [3.05, 3.63) is 130 Å². The third kappa shape index (κ3) is 5.22. The highest BCUT2D eigenvalue weighted by Crippen LogP contribution is 2.45. The molecule has 1 aromatic heterocycles. The standard InChI is InChI=1S/C41H40N4O3/c1-25-21-31-23-29(15-17-32(31)36(28-13-8-9-14-28)33(22-25)27-11-6-4-5-7-12-27)37(46)44-41(19-10-20-41)40-43-34-18-16-30(24-35(34)45(40)3)38-42-26(2)39(47)48-38/h4-7,11,15-18,22-24,28H,2,8-10,12-14,19-21H2,1,3H3,(H,44,46). The van der Waals surface area contributed by atoms with Crippen molar-refractivity contribution in [2.75, 3.05) is 0 Å². The number of ether oxygens (including phenoxy) is 1. The van der Waals surface area contributed by atoms with Crippen LogP contribution in [0.4, 0.5) is 0 Å². The molecule has 0 unspecified atom stereocenters. The number of imidazole rings is 1. The van der Waals surface area contributed by atoms with Gasteiger partial charge in [0.15, 0.2) is 0 Å². The van der Waals surface area contributed by atoms with E-state index in [-0.39, 0.29) is 17.5 Å². The van der Waals surface area contributed by atoms with Crippen LogP contribution in [-0.4, -0.2) is 27.3 Å². The van der Waals surface area contributed by atoms with Crippen LogP contribution in [-0.2, 0) is 28.5 Å². The zero-order valence-corrected chi connectivity index (χ0v) is 27.6. The SMILES string of the molecule is C=C1N=C(c2ccc3nc(C4(NC(=O)c5ccc6c(c5)CC(C)=CC(C5=CC=CC=CC5)=C6C5CCCC5)CCC4)n(C)c3c2)OC1=O. The molecule has 0 radical (unpaired) electrons. The summed E-state index contributed by atoms with van der Waals surface area (Å²) < 4.78 is 7.34. The number of allylic oxidation sites excluding steroid dienone is 10. The molecule has 0 atom stereocenters. The van der Waals surface area contributed by atoms with Crippen molar-refractivity contribution in [2.24, 2.45) is 18.0 Å². The van der Waals surface area contributed by atoms with Gasteiger partial charge in [0.2, 0.25) is 5.90 Å². The minimum atomic E-state index is -0.561. The summed E-state index contributed by atoms with van der Waals surface area (Å²) in [5.74, 6) is 0.991. The number of esters is 1. The van der Waals surface area contributed by atoms with Crippen molar-refractivity contribution >= 4 is 34.4 Å². The number of carbonyl (C=O) groups excluding carboxylic acids is 2. The molecule has 2 heterocycles. The molecule has 0 spiro atoms. The minimum absolute atomic E-state index is 0.0739. The molecule has 4 aliphatic carbocycles. The number of cyclic esters (lactones) is 1. The van der Waals surface area contributed by atoms with Crippen molar-refractivity contribution in [3.8, 4) is 0 Å². The molecule has 1 amide bonds. The summed E-state index contributed by atoms with van der Waals surface area (Å²) in [6.45, 7) is 5.87. The lowest BCUT2D eigenvalue weighted by Crippen LogP contribution is -2.52. The largest absolute Gasteiger partial charge is 0.402 e. The van der Waals surface area contributed by atoms with Gasteiger partial charge in [0.05, 0.1) is 16.6 Å². The topological polar surface area (TPSA) is 85.6 Å². The number of aryl methyl sites for hydroxylation is 1. The Balaban J connectivity index is 1.12. The van der Waals surface area contributed by atoms with Gasteiger partial charge in [0.25, 0.3) is 5.91 Å². The number of nitrogens with zero attached hydrogens (tertiary/aromatic N) is 3. The smallest absolute Gasteiger partial charge is 0.363 e. The Morgan fingerprint density at radius 1 is 1.06 bits per heavy atom. The Hall–Kier alpha value is -5.04. The normalized spacial score (nSPS) is 20.5. The zero-order chi connectivity index (χ0) is 33.0. The first-order valence-electron chi connectivity index (χ1n) is 17.2. The van der Waals surface area contributed by atoms with E-state index < -0.39 is 11.5 Å². The fourth-order valence-corrected chi connectivity index (χ4v) is 8.10. The van der Waals surface area contributed by atoms with Gasteiger partial charge < -0.3 is 14.6 Å². The van der Waals surface area contributed by atoms with Crippen LogP contribution >= 0.6 is 0 Å². The molecule has 5 aliphatic rings. The van der Waals surface area contributed by atoms with E-state index >= 15 is 0 Å². The molecular formula is C41H40N4O3. The summed E-state index contributed by atoms with van der Waals surface area (Å²) in [4.78, 5) is 35.2. The Morgan fingerprint density at radius 3 is 2.65 bits per heavy atom. The average Bonchev–Trinajstić information content (AvgIpc) is 3.69. The summed E-state index contributed by atoms with van der Waals surface area (Å²) in [7, 11) is 1.98. The summed E-state index contributed by atoms with van der Waals surface area (Å²) >= 11 is 0. The summed E-state index contributed by atoms with van der Waals surface area (Å²) in [6.07, 6.45) is 22.7. The average molecular weight is 637 g/mol. The lowest BCUT2D eigenvalue weighted by molar-refractivity contribution is -0.130. The fraction of sp³-hybridized carbons (Fsp3) is 0.317. The summed E-state index contributed by atoms with van der Waals surface area (Å²) in [5, 5.41) is 3.44. The number of nitrogens with one attached hydrogen (secondary N) is 1. The van der Waals surface area contributed by atoms with Gasteiger partial charge >= 0.3 is 5.97 Å². The fourth-order valence-electron chi connectivity index (χ4n) is 8.10. The Morgan fingerprint density at radius 2 is 1.90 bits per heavy atom. The minimum Gasteiger partial charge on any atom is -0.402 e. The summed E-state index contributed by atoms with van der Waals surface area (Å²) in [6, 6.07) is 12.0. The molecule has 2 fully saturated rings. The van der Waals surface area contributed by atoms with Gasteiger partial charge in [-0.1, -0.05) is 67.5 Å². The second-order valence-electron chi connectivity index (χ2n) is 13.9. The highest BCUT2D eigenvalue weighted by Gasteiger charge is 2.44. The van der Waals surface area contributed by atoms with Crippen molar-refractivity contribution in [2.45, 2.75) is 70.3 Å². The monoisotopic (exact) mass is 636 g/mol. The molecule has 48 heavy (non-hydrogen) atoms. The van der Waals surface area contributed by atoms with Gasteiger partial charge in [-0.05, 0) is 116 Å². The quantitative estimate of drug-likeness (QED) is 0.219. The lowest BCUT2D eigenvalue weighted by Gasteiger charge is -2.41. The molecular weight excluding hydrogens is 596 g/mol. The number of fused-ring (bicyclic) bond motifs is 2. The first kappa shape index (κ1) is 30.3. The molecule has 0 bridgehead atoms. The van der Waals surface area contributed by atoms with Crippen molar-refractivity contribution in [1.82, 2.24) is 14.9 Å². The molecule has 2 aromatic carbocycles. The third-order valence-corrected chi connectivity index (χ3v) is 10.7. The van der Waals surface area contributed by atoms with Gasteiger partial charge in [-0.25, -0.2) is 14.8 Å². The first-order chi connectivity index (χ1) is 23.3. The third-order valence-electron chi connectivity index (χ3n) is 10.7. The molecule has 1 N–H and O–H groups in total. The number of benzene rings is 2. The van der Waals surface area contributed by atoms with Crippen LogP contribution in [0.25, 0.3) is 16.6 Å². The zero-order valence-electron chi connectivity index (χ0n) is 27.6. The van der Waals surface area contributed by atoms with E-state index in [1.54, 1.807) is 0 Å². The van der Waals surface area contributed by atoms with Crippen LogP contribution in [0.5, 0.6) is 0 Å². The van der Waals surface area contributed by atoms with Crippen LogP contribution in [0, 0.1) is 5.92 Å². The number of carbonyl (C=O) groups is 2. The van der Waals surface area contributed by atoms with E-state index in [0.717, 1.165) is 49.0 Å². The van der Waals surface area contributed by atoms with Crippen LogP contribution in [0.1, 0.15) is 91.2 Å². The van der Waals surface area contributed by atoms with Crippen LogP contribution < -0.4 is 5.32 Å². The predicted octanol–water partition coefficient (Wildman–Crippen LogP) is 8.09. The van der Waals surface area contributed by atoms with E-state index in [4.69, 9.17) is 9.72 Å². The van der Waals surface area contributed by atoms with Gasteiger partial charge in [-0.3, -0.25) is 4.79 Å². The number of hydrogen-bond donors (Lipinski definition) is 1.